The van der Waals surface area contributed by atoms with Gasteiger partial charge < -0.3 is 9.72 Å². The molecule has 0 aliphatic heterocycles. The van der Waals surface area contributed by atoms with Gasteiger partial charge in [-0.15, -0.1) is 0 Å². The van der Waals surface area contributed by atoms with E-state index < -0.39 is 5.97 Å². The number of benzene rings is 1. The highest BCUT2D eigenvalue weighted by Gasteiger charge is 2.10. The van der Waals surface area contributed by atoms with Gasteiger partial charge >= 0.3 is 5.97 Å². The first-order valence-electron chi connectivity index (χ1n) is 5.51. The molecule has 0 aliphatic carbocycles. The summed E-state index contributed by atoms with van der Waals surface area (Å²) in [6.45, 7) is 2.11. The number of nitrogens with zero attached hydrogens (tertiary/aromatic N) is 1. The normalized spacial score (nSPS) is 10.4. The summed E-state index contributed by atoms with van der Waals surface area (Å²) >= 11 is 5.81. The molecule has 2 rings (SSSR count). The maximum absolute atomic E-state index is 11.4. The minimum Gasteiger partial charge on any atom is -0.461 e. The number of hydrogen-bond acceptors (Lipinski definition) is 5. The maximum Gasteiger partial charge on any atom is 0.356 e. The van der Waals surface area contributed by atoms with Crippen molar-refractivity contribution >= 4 is 39.2 Å². The topological polar surface area (TPSA) is 55.0 Å². The van der Waals surface area contributed by atoms with Gasteiger partial charge in [0.2, 0.25) is 0 Å². The molecule has 7 heteroatoms. The second-order valence-corrected chi connectivity index (χ2v) is 6.07. The van der Waals surface area contributed by atoms with Crippen LogP contribution >= 0.6 is 33.2 Å². The minimum absolute atomic E-state index is 0.347. The minimum atomic E-state index is -0.390. The number of aromatic nitrogens is 2. The van der Waals surface area contributed by atoms with E-state index in [1.807, 2.05) is 24.3 Å². The van der Waals surface area contributed by atoms with Gasteiger partial charge in [-0.05, 0) is 52.8 Å². The number of carbonyl (C=O) groups is 1. The lowest BCUT2D eigenvalue weighted by atomic mass is 10.4. The SMILES string of the molecule is CCOC(=O)c1cnc(SSc2ccc(Cl)cc2)[nH]1. The number of aromatic amines is 1. The fraction of sp³-hybridized carbons (Fsp3) is 0.167. The van der Waals surface area contributed by atoms with E-state index in [0.29, 0.717) is 22.5 Å². The molecular formula is C12H11ClN2O2S2. The number of esters is 1. The Labute approximate surface area is 123 Å². The summed E-state index contributed by atoms with van der Waals surface area (Å²) < 4.78 is 4.88. The second kappa shape index (κ2) is 6.88. The Balaban J connectivity index is 1.93. The number of ether oxygens (including phenoxy) is 1. The summed E-state index contributed by atoms with van der Waals surface area (Å²) in [7, 11) is 2.97. The molecule has 0 spiro atoms. The molecule has 0 amide bonds. The van der Waals surface area contributed by atoms with E-state index in [9.17, 15) is 4.79 Å². The molecule has 1 aromatic heterocycles. The first kappa shape index (κ1) is 14.3. The highest BCUT2D eigenvalue weighted by molar-refractivity contribution is 8.76. The van der Waals surface area contributed by atoms with Gasteiger partial charge in [0, 0.05) is 9.92 Å². The van der Waals surface area contributed by atoms with E-state index in [-0.39, 0.29) is 0 Å². The van der Waals surface area contributed by atoms with Gasteiger partial charge in [-0.1, -0.05) is 11.6 Å². The third-order valence-corrected chi connectivity index (χ3v) is 4.54. The molecule has 0 fully saturated rings. The van der Waals surface area contributed by atoms with Crippen LogP contribution in [0, 0.1) is 0 Å². The van der Waals surface area contributed by atoms with Crippen LogP contribution in [0.1, 0.15) is 17.4 Å². The number of carbonyl (C=O) groups excluding carboxylic acids is 1. The fourth-order valence-corrected chi connectivity index (χ4v) is 3.14. The third-order valence-electron chi connectivity index (χ3n) is 2.08. The number of imidazole rings is 1. The van der Waals surface area contributed by atoms with Crippen LogP contribution in [0.4, 0.5) is 0 Å². The van der Waals surface area contributed by atoms with E-state index in [4.69, 9.17) is 16.3 Å². The lowest BCUT2D eigenvalue weighted by Crippen LogP contribution is -2.04. The van der Waals surface area contributed by atoms with Crippen LogP contribution in [0.15, 0.2) is 40.5 Å². The van der Waals surface area contributed by atoms with Gasteiger partial charge in [-0.3, -0.25) is 0 Å². The van der Waals surface area contributed by atoms with Crippen LogP contribution in [-0.2, 0) is 4.74 Å². The van der Waals surface area contributed by atoms with Gasteiger partial charge in [0.05, 0.1) is 12.8 Å². The van der Waals surface area contributed by atoms with E-state index >= 15 is 0 Å². The van der Waals surface area contributed by atoms with Crippen LogP contribution in [0.3, 0.4) is 0 Å². The Morgan fingerprint density at radius 1 is 1.37 bits per heavy atom. The average molecular weight is 315 g/mol. The largest absolute Gasteiger partial charge is 0.461 e. The molecule has 0 aliphatic rings. The zero-order valence-electron chi connectivity index (χ0n) is 10.1. The number of rotatable bonds is 5. The second-order valence-electron chi connectivity index (χ2n) is 3.44. The predicted molar refractivity (Wildman–Crippen MR) is 77.7 cm³/mol. The summed E-state index contributed by atoms with van der Waals surface area (Å²) in [5.41, 5.74) is 0.362. The summed E-state index contributed by atoms with van der Waals surface area (Å²) in [6, 6.07) is 7.51. The monoisotopic (exact) mass is 314 g/mol. The lowest BCUT2D eigenvalue weighted by molar-refractivity contribution is 0.0519. The number of hydrogen-bond donors (Lipinski definition) is 1. The van der Waals surface area contributed by atoms with Crippen LogP contribution < -0.4 is 0 Å². The van der Waals surface area contributed by atoms with Gasteiger partial charge in [-0.25, -0.2) is 9.78 Å². The molecule has 1 heterocycles. The summed E-state index contributed by atoms with van der Waals surface area (Å²) in [5, 5.41) is 1.36. The Kier molecular flexibility index (Phi) is 5.18. The first-order valence-corrected chi connectivity index (χ1v) is 8.04. The zero-order valence-corrected chi connectivity index (χ0v) is 12.4. The van der Waals surface area contributed by atoms with Crippen molar-refractivity contribution in [2.45, 2.75) is 17.0 Å². The summed E-state index contributed by atoms with van der Waals surface area (Å²) in [4.78, 5) is 19.5. The number of halogens is 1. The Hall–Kier alpha value is -1.11. The highest BCUT2D eigenvalue weighted by atomic mass is 35.5. The molecule has 0 saturated carbocycles. The van der Waals surface area contributed by atoms with Crippen LogP contribution in [-0.4, -0.2) is 22.5 Å². The van der Waals surface area contributed by atoms with Crippen LogP contribution in [0.25, 0.3) is 0 Å². The van der Waals surface area contributed by atoms with E-state index in [2.05, 4.69) is 9.97 Å². The van der Waals surface area contributed by atoms with Gasteiger partial charge in [0.1, 0.15) is 5.69 Å². The maximum atomic E-state index is 11.4. The molecular weight excluding hydrogens is 304 g/mol. The molecule has 0 bridgehead atoms. The van der Waals surface area contributed by atoms with Crippen molar-refractivity contribution in [2.75, 3.05) is 6.61 Å². The van der Waals surface area contributed by atoms with Crippen molar-refractivity contribution in [1.29, 1.82) is 0 Å². The van der Waals surface area contributed by atoms with Crippen molar-refractivity contribution < 1.29 is 9.53 Å². The van der Waals surface area contributed by atoms with E-state index in [0.717, 1.165) is 4.90 Å². The molecule has 0 saturated heterocycles. The molecule has 19 heavy (non-hydrogen) atoms. The Morgan fingerprint density at radius 2 is 2.11 bits per heavy atom. The molecule has 0 atom stereocenters. The van der Waals surface area contributed by atoms with Crippen molar-refractivity contribution in [3.63, 3.8) is 0 Å². The van der Waals surface area contributed by atoms with Crippen molar-refractivity contribution in [3.8, 4) is 0 Å². The van der Waals surface area contributed by atoms with Crippen molar-refractivity contribution in [3.05, 3.63) is 41.2 Å². The summed E-state index contributed by atoms with van der Waals surface area (Å²) in [5.74, 6) is -0.390. The quantitative estimate of drug-likeness (QED) is 0.667. The Morgan fingerprint density at radius 3 is 2.79 bits per heavy atom. The Bertz CT molecular complexity index is 557. The molecule has 0 radical (unpaired) electrons. The van der Waals surface area contributed by atoms with Gasteiger partial charge in [0.25, 0.3) is 0 Å². The van der Waals surface area contributed by atoms with E-state index in [1.54, 1.807) is 6.92 Å². The number of nitrogens with one attached hydrogen (secondary N) is 1. The summed E-state index contributed by atoms with van der Waals surface area (Å²) in [6.07, 6.45) is 1.47. The standard InChI is InChI=1S/C12H11ClN2O2S2/c1-2-17-11(16)10-7-14-12(15-10)19-18-9-5-3-8(13)4-6-9/h3-7H,2H2,1H3,(H,14,15). The molecule has 0 unspecified atom stereocenters. The van der Waals surface area contributed by atoms with Gasteiger partial charge in [-0.2, -0.15) is 0 Å². The van der Waals surface area contributed by atoms with Crippen LogP contribution in [0.5, 0.6) is 0 Å². The van der Waals surface area contributed by atoms with Crippen molar-refractivity contribution in [1.82, 2.24) is 9.97 Å². The highest BCUT2D eigenvalue weighted by Crippen LogP contribution is 2.35. The lowest BCUT2D eigenvalue weighted by Gasteiger charge is -1.99. The average Bonchev–Trinajstić information content (AvgIpc) is 2.87. The number of H-pyrrole nitrogens is 1. The third kappa shape index (κ3) is 4.19. The fourth-order valence-electron chi connectivity index (χ4n) is 1.24. The first-order chi connectivity index (χ1) is 9.19. The molecule has 1 aromatic carbocycles. The zero-order chi connectivity index (χ0) is 13.7. The molecule has 100 valence electrons. The van der Waals surface area contributed by atoms with Crippen molar-refractivity contribution in [2.24, 2.45) is 0 Å². The molecule has 4 nitrogen and oxygen atoms in total. The van der Waals surface area contributed by atoms with Crippen LogP contribution in [0.2, 0.25) is 5.02 Å². The molecule has 1 N–H and O–H groups in total. The smallest absolute Gasteiger partial charge is 0.356 e. The molecule has 2 aromatic rings. The van der Waals surface area contributed by atoms with E-state index in [1.165, 1.54) is 27.8 Å². The predicted octanol–water partition coefficient (Wildman–Crippen LogP) is 4.04. The van der Waals surface area contributed by atoms with Gasteiger partial charge in [0.15, 0.2) is 5.16 Å².